The first-order valence-corrected chi connectivity index (χ1v) is 28.4. The number of halogens is 1. The van der Waals surface area contributed by atoms with Gasteiger partial charge in [-0.2, -0.15) is 9.97 Å². The molecule has 1 amide bonds. The molecule has 0 unspecified atom stereocenters. The minimum Gasteiger partial charge on any atom is -0.481 e. The van der Waals surface area contributed by atoms with E-state index in [1.807, 2.05) is 12.1 Å². The summed E-state index contributed by atoms with van der Waals surface area (Å²) in [4.78, 5) is 48.3. The molecule has 0 radical (unpaired) electrons. The van der Waals surface area contributed by atoms with E-state index in [0.717, 1.165) is 75.9 Å². The molecule has 0 bridgehead atoms. The maximum Gasteiger partial charge on any atom is 0.312 e. The highest BCUT2D eigenvalue weighted by atomic mass is 32.2. The van der Waals surface area contributed by atoms with Gasteiger partial charge in [-0.15, -0.1) is 0 Å². The van der Waals surface area contributed by atoms with Crippen molar-refractivity contribution in [3.63, 3.8) is 0 Å². The number of aromatic nitrogens is 4. The highest BCUT2D eigenvalue weighted by molar-refractivity contribution is 7.90. The first-order valence-electron chi connectivity index (χ1n) is 27.0. The molecule has 22 heteroatoms. The number of amides is 1. The fraction of sp³-hybridized carbons (Fsp3) is 0.474. The number of piperazine rings is 1. The Morgan fingerprint density at radius 1 is 0.937 bits per heavy atom. The van der Waals surface area contributed by atoms with Crippen LogP contribution in [0.3, 0.4) is 0 Å². The molecule has 1 spiro atoms. The summed E-state index contributed by atoms with van der Waals surface area (Å²) in [5.74, 6) is -0.389. The SMILES string of the molecule is COc1cc(CN2CCN(C3CC4(CCN(c5ccc(C(=O)NS(=O)(=O)c6cnc(NCC7CCC(C)(O)CC7)c([N+](=O)[O-])c6)c(Oc6cc7c(F)c[nH]c7nc6OC)c5)CC4)C3)[C@H](c3ccccc3C(C)C)C2)cc(OC)n1. The Morgan fingerprint density at radius 2 is 1.66 bits per heavy atom. The quantitative estimate of drug-likeness (QED) is 0.0463. The summed E-state index contributed by atoms with van der Waals surface area (Å²) in [7, 11) is -0.157. The lowest BCUT2D eigenvalue weighted by atomic mass is 9.59. The Kier molecular flexibility index (Phi) is 15.7. The number of sulfonamides is 1. The number of nitro groups is 1. The number of aromatic amines is 1. The molecule has 420 valence electrons. The van der Waals surface area contributed by atoms with Crippen LogP contribution in [0.5, 0.6) is 29.1 Å². The molecule has 4 fully saturated rings. The number of pyridine rings is 3. The highest BCUT2D eigenvalue weighted by Crippen LogP contribution is 2.54. The van der Waals surface area contributed by atoms with Crippen LogP contribution in [0.25, 0.3) is 11.0 Å². The van der Waals surface area contributed by atoms with Crippen molar-refractivity contribution in [1.29, 1.82) is 0 Å². The van der Waals surface area contributed by atoms with E-state index in [9.17, 15) is 32.8 Å². The van der Waals surface area contributed by atoms with Gasteiger partial charge in [0, 0.05) is 100 Å². The third-order valence-corrected chi connectivity index (χ3v) is 17.9. The zero-order chi connectivity index (χ0) is 55.8. The predicted molar refractivity (Wildman–Crippen MR) is 295 cm³/mol. The highest BCUT2D eigenvalue weighted by Gasteiger charge is 2.50. The summed E-state index contributed by atoms with van der Waals surface area (Å²) < 4.78 is 67.7. The molecule has 2 aromatic carbocycles. The maximum atomic E-state index is 14.9. The minimum absolute atomic E-state index is 0.0212. The smallest absolute Gasteiger partial charge is 0.312 e. The molecule has 2 aliphatic heterocycles. The number of methoxy groups -OCH3 is 3. The van der Waals surface area contributed by atoms with E-state index in [2.05, 4.69) is 82.8 Å². The topological polar surface area (TPSA) is 240 Å². The monoisotopic (exact) mass is 1100 g/mol. The largest absolute Gasteiger partial charge is 0.481 e. The van der Waals surface area contributed by atoms with Crippen LogP contribution in [0, 0.1) is 27.3 Å². The molecule has 4 N–H and O–H groups in total. The van der Waals surface area contributed by atoms with Gasteiger partial charge in [-0.05, 0) is 104 Å². The molecule has 2 aliphatic carbocycles. The van der Waals surface area contributed by atoms with E-state index in [1.165, 1.54) is 30.4 Å². The zero-order valence-corrected chi connectivity index (χ0v) is 46.3. The number of anilines is 2. The Morgan fingerprint density at radius 3 is 2.34 bits per heavy atom. The number of hydrogen-bond acceptors (Lipinski definition) is 17. The minimum atomic E-state index is -4.75. The maximum absolute atomic E-state index is 14.9. The summed E-state index contributed by atoms with van der Waals surface area (Å²) in [6, 6.07) is 20.5. The van der Waals surface area contributed by atoms with Gasteiger partial charge in [0.1, 0.15) is 22.1 Å². The average molecular weight is 1110 g/mol. The molecular formula is C57H69FN10O10S. The fourth-order valence-electron chi connectivity index (χ4n) is 12.1. The summed E-state index contributed by atoms with van der Waals surface area (Å²) in [6.07, 6.45) is 8.68. The van der Waals surface area contributed by atoms with Gasteiger partial charge in [0.2, 0.25) is 17.6 Å². The van der Waals surface area contributed by atoms with Crippen LogP contribution in [-0.4, -0.2) is 126 Å². The van der Waals surface area contributed by atoms with Gasteiger partial charge in [0.15, 0.2) is 5.75 Å². The molecule has 1 atom stereocenters. The Labute approximate surface area is 459 Å². The third kappa shape index (κ3) is 11.9. The lowest BCUT2D eigenvalue weighted by Crippen LogP contribution is -2.60. The van der Waals surface area contributed by atoms with Crippen molar-refractivity contribution in [2.24, 2.45) is 11.3 Å². The molecule has 2 saturated heterocycles. The van der Waals surface area contributed by atoms with Gasteiger partial charge in [0.25, 0.3) is 21.8 Å². The first-order chi connectivity index (χ1) is 37.8. The molecule has 6 heterocycles. The normalized spacial score (nSPS) is 20.9. The van der Waals surface area contributed by atoms with Crippen molar-refractivity contribution in [2.45, 2.75) is 107 Å². The molecule has 2 saturated carbocycles. The number of carbonyl (C=O) groups is 1. The van der Waals surface area contributed by atoms with Crippen LogP contribution in [-0.2, 0) is 16.6 Å². The second kappa shape index (κ2) is 22.5. The zero-order valence-electron chi connectivity index (χ0n) is 45.5. The van der Waals surface area contributed by atoms with Crippen LogP contribution < -0.4 is 33.9 Å². The standard InChI is InChI=1S/C57H69FN10O10S/c1-35(2)41-9-7-8-10-42(41)47-34-65(33-37-23-50(75-4)62-51(24-37)76-5)21-22-67(47)39-28-57(29-39)17-19-66(20-18-57)38-11-12-43(48(25-38)78-49-27-44-45(58)32-61-52(44)63-55(49)77-6)54(69)64-79(73,74)40-26-46(68(71)72)53(60-31-40)59-30-36-13-15-56(3,70)16-14-36/h7-12,23-27,31-32,35-36,39,47,70H,13-22,28-30,33-34H2,1-6H3,(H,59,60)(H,61,63)(H,64,69)/t36?,47-,56?/m0/s1. The number of benzene rings is 2. The van der Waals surface area contributed by atoms with Crippen molar-refractivity contribution in [3.8, 4) is 29.1 Å². The lowest BCUT2D eigenvalue weighted by Gasteiger charge is -2.58. The van der Waals surface area contributed by atoms with Gasteiger partial charge in [0.05, 0.1) is 49.0 Å². The summed E-state index contributed by atoms with van der Waals surface area (Å²) >= 11 is 0. The van der Waals surface area contributed by atoms with E-state index in [1.54, 1.807) is 33.3 Å². The molecule has 79 heavy (non-hydrogen) atoms. The van der Waals surface area contributed by atoms with Crippen LogP contribution in [0.1, 0.15) is 111 Å². The van der Waals surface area contributed by atoms with Crippen molar-refractivity contribution < 1.29 is 46.6 Å². The number of nitrogens with zero attached hydrogens (tertiary/aromatic N) is 7. The number of hydrogen-bond donors (Lipinski definition) is 4. The first kappa shape index (κ1) is 55.2. The number of nitrogens with one attached hydrogen (secondary N) is 3. The molecule has 4 aliphatic rings. The number of fused-ring (bicyclic) bond motifs is 1. The van der Waals surface area contributed by atoms with E-state index in [4.69, 9.17) is 18.9 Å². The second-order valence-electron chi connectivity index (χ2n) is 22.2. The number of ether oxygens (including phenoxy) is 4. The third-order valence-electron chi connectivity index (χ3n) is 16.6. The van der Waals surface area contributed by atoms with Gasteiger partial charge in [-0.1, -0.05) is 38.1 Å². The van der Waals surface area contributed by atoms with Gasteiger partial charge in [-0.25, -0.2) is 22.5 Å². The lowest BCUT2D eigenvalue weighted by molar-refractivity contribution is -0.384. The number of piperidine rings is 1. The summed E-state index contributed by atoms with van der Waals surface area (Å²) in [5, 5.41) is 25.7. The summed E-state index contributed by atoms with van der Waals surface area (Å²) in [5.41, 5.74) is 3.34. The summed E-state index contributed by atoms with van der Waals surface area (Å²) in [6.45, 7) is 11.5. The van der Waals surface area contributed by atoms with Gasteiger partial charge in [-0.3, -0.25) is 24.7 Å². The Hall–Kier alpha value is -7.14. The Balaban J connectivity index is 0.858. The van der Waals surface area contributed by atoms with Gasteiger partial charge >= 0.3 is 5.69 Å². The molecule has 20 nitrogen and oxygen atoms in total. The van der Waals surface area contributed by atoms with Crippen molar-refractivity contribution in [1.82, 2.24) is 34.5 Å². The van der Waals surface area contributed by atoms with Crippen LogP contribution in [0.4, 0.5) is 21.6 Å². The number of aliphatic hydroxyl groups is 1. The van der Waals surface area contributed by atoms with E-state index >= 15 is 0 Å². The van der Waals surface area contributed by atoms with Crippen LogP contribution in [0.2, 0.25) is 0 Å². The molecule has 6 aromatic rings. The van der Waals surface area contributed by atoms with Crippen molar-refractivity contribution >= 4 is 44.2 Å². The van der Waals surface area contributed by atoms with Crippen molar-refractivity contribution in [3.05, 3.63) is 117 Å². The van der Waals surface area contributed by atoms with Crippen molar-refractivity contribution in [2.75, 3.05) is 70.8 Å². The average Bonchev–Trinajstić information content (AvgIpc) is 3.84. The number of carbonyl (C=O) groups excluding carboxylic acids is 1. The van der Waals surface area contributed by atoms with E-state index in [-0.39, 0.29) is 57.2 Å². The number of rotatable bonds is 18. The van der Waals surface area contributed by atoms with Crippen LogP contribution >= 0.6 is 0 Å². The Bertz CT molecular complexity index is 3310. The molecular weight excluding hydrogens is 1040 g/mol. The van der Waals surface area contributed by atoms with E-state index in [0.29, 0.717) is 74.7 Å². The molecule has 10 rings (SSSR count). The molecule has 4 aromatic heterocycles. The predicted octanol–water partition coefficient (Wildman–Crippen LogP) is 9.12. The number of H-pyrrole nitrogens is 1. The second-order valence-corrected chi connectivity index (χ2v) is 23.9. The van der Waals surface area contributed by atoms with E-state index < -0.39 is 42.9 Å². The van der Waals surface area contributed by atoms with Gasteiger partial charge < -0.3 is 39.3 Å². The fourth-order valence-corrected chi connectivity index (χ4v) is 13.0. The van der Waals surface area contributed by atoms with Crippen LogP contribution in [0.15, 0.2) is 84.0 Å².